The Hall–Kier alpha value is -3.73. The average Bonchev–Trinajstić information content (AvgIpc) is 2.54. The number of anilines is 1. The smallest absolute Gasteiger partial charge is 0.300 e. The van der Waals surface area contributed by atoms with Crippen LogP contribution >= 0.6 is 0 Å². The average molecular weight is 311 g/mol. The molecule has 2 aromatic carbocycles. The SMILES string of the molecule is O=C(C#Cc1ccc([N+](=O)[O-])cc1)Nc1ccc([N+](=O)[O-])cc1. The minimum Gasteiger partial charge on any atom is -0.315 e. The van der Waals surface area contributed by atoms with E-state index in [0.29, 0.717) is 11.3 Å². The Morgan fingerprint density at radius 2 is 1.35 bits per heavy atom. The molecule has 8 heteroatoms. The molecular formula is C15H9N3O5. The maximum atomic E-state index is 11.7. The molecule has 0 saturated heterocycles. The number of nitrogens with one attached hydrogen (secondary N) is 1. The largest absolute Gasteiger partial charge is 0.315 e. The van der Waals surface area contributed by atoms with Crippen LogP contribution in [0.15, 0.2) is 48.5 Å². The highest BCUT2D eigenvalue weighted by Crippen LogP contribution is 2.15. The van der Waals surface area contributed by atoms with Gasteiger partial charge in [-0.2, -0.15) is 0 Å². The van der Waals surface area contributed by atoms with Gasteiger partial charge in [0.05, 0.1) is 9.85 Å². The molecule has 0 spiro atoms. The zero-order chi connectivity index (χ0) is 16.8. The summed E-state index contributed by atoms with van der Waals surface area (Å²) in [4.78, 5) is 31.6. The van der Waals surface area contributed by atoms with Gasteiger partial charge in [0, 0.05) is 41.4 Å². The van der Waals surface area contributed by atoms with Crippen LogP contribution in [0, 0.1) is 32.1 Å². The van der Waals surface area contributed by atoms with Crippen molar-refractivity contribution in [2.24, 2.45) is 0 Å². The third kappa shape index (κ3) is 4.37. The predicted octanol–water partition coefficient (Wildman–Crippen LogP) is 2.49. The summed E-state index contributed by atoms with van der Waals surface area (Å²) in [5.41, 5.74) is 0.680. The number of nitrogens with zero attached hydrogens (tertiary/aromatic N) is 2. The zero-order valence-electron chi connectivity index (χ0n) is 11.6. The quantitative estimate of drug-likeness (QED) is 0.531. The number of carbonyl (C=O) groups excluding carboxylic acids is 1. The lowest BCUT2D eigenvalue weighted by Crippen LogP contribution is -2.08. The molecule has 1 amide bonds. The summed E-state index contributed by atoms with van der Waals surface area (Å²) in [6, 6.07) is 10.8. The van der Waals surface area contributed by atoms with Gasteiger partial charge in [-0.3, -0.25) is 25.0 Å². The number of carbonyl (C=O) groups is 1. The fourth-order valence-corrected chi connectivity index (χ4v) is 1.62. The second kappa shape index (κ2) is 6.82. The van der Waals surface area contributed by atoms with E-state index in [1.54, 1.807) is 0 Å². The molecule has 1 N–H and O–H groups in total. The highest BCUT2D eigenvalue weighted by Gasteiger charge is 2.05. The van der Waals surface area contributed by atoms with Crippen LogP contribution in [0.3, 0.4) is 0 Å². The van der Waals surface area contributed by atoms with Gasteiger partial charge in [0.25, 0.3) is 11.4 Å². The summed E-state index contributed by atoms with van der Waals surface area (Å²) in [6.45, 7) is 0. The molecule has 23 heavy (non-hydrogen) atoms. The van der Waals surface area contributed by atoms with Crippen molar-refractivity contribution in [2.45, 2.75) is 0 Å². The molecule has 0 bridgehead atoms. The Labute approximate surface area is 130 Å². The lowest BCUT2D eigenvalue weighted by atomic mass is 10.2. The maximum absolute atomic E-state index is 11.7. The lowest BCUT2D eigenvalue weighted by molar-refractivity contribution is -0.385. The molecule has 0 aromatic heterocycles. The number of non-ortho nitro benzene ring substituents is 2. The molecule has 2 rings (SSSR count). The van der Waals surface area contributed by atoms with E-state index in [4.69, 9.17) is 0 Å². The summed E-state index contributed by atoms with van der Waals surface area (Å²) in [7, 11) is 0. The van der Waals surface area contributed by atoms with E-state index in [-0.39, 0.29) is 11.4 Å². The minimum atomic E-state index is -0.600. The molecule has 114 valence electrons. The highest BCUT2D eigenvalue weighted by atomic mass is 16.6. The summed E-state index contributed by atoms with van der Waals surface area (Å²) in [6.07, 6.45) is 0. The molecule has 0 aliphatic rings. The number of benzene rings is 2. The van der Waals surface area contributed by atoms with Crippen LogP contribution in [0.5, 0.6) is 0 Å². The molecular weight excluding hydrogens is 302 g/mol. The zero-order valence-corrected chi connectivity index (χ0v) is 11.6. The molecule has 0 atom stereocenters. The first-order chi connectivity index (χ1) is 11.0. The van der Waals surface area contributed by atoms with E-state index in [2.05, 4.69) is 17.2 Å². The van der Waals surface area contributed by atoms with Gasteiger partial charge in [-0.15, -0.1) is 0 Å². The van der Waals surface area contributed by atoms with Crippen molar-refractivity contribution < 1.29 is 14.6 Å². The van der Waals surface area contributed by atoms with Gasteiger partial charge in [-0.05, 0) is 24.3 Å². The number of amides is 1. The van der Waals surface area contributed by atoms with Crippen LogP contribution in [-0.4, -0.2) is 15.8 Å². The second-order valence-corrected chi connectivity index (χ2v) is 4.31. The summed E-state index contributed by atoms with van der Waals surface area (Å²) in [5.74, 6) is 4.30. The maximum Gasteiger partial charge on any atom is 0.300 e. The lowest BCUT2D eigenvalue weighted by Gasteiger charge is -1.99. The van der Waals surface area contributed by atoms with Crippen LogP contribution < -0.4 is 5.32 Å². The summed E-state index contributed by atoms with van der Waals surface area (Å²) < 4.78 is 0. The van der Waals surface area contributed by atoms with E-state index < -0.39 is 15.8 Å². The van der Waals surface area contributed by atoms with Gasteiger partial charge in [0.1, 0.15) is 0 Å². The molecule has 0 fully saturated rings. The van der Waals surface area contributed by atoms with E-state index in [1.807, 2.05) is 0 Å². The van der Waals surface area contributed by atoms with Crippen LogP contribution in [0.2, 0.25) is 0 Å². The molecule has 0 aliphatic heterocycles. The van der Waals surface area contributed by atoms with Crippen LogP contribution in [0.25, 0.3) is 0 Å². The van der Waals surface area contributed by atoms with Crippen LogP contribution in [0.1, 0.15) is 5.56 Å². The minimum absolute atomic E-state index is 0.0640. The normalized spacial score (nSPS) is 9.39. The molecule has 8 nitrogen and oxygen atoms in total. The van der Waals surface area contributed by atoms with Crippen molar-refractivity contribution in [1.29, 1.82) is 0 Å². The molecule has 0 saturated carbocycles. The number of hydrogen-bond acceptors (Lipinski definition) is 5. The standard InChI is InChI=1S/C15H9N3O5/c19-15(16-12-4-8-14(9-5-12)18(22)23)10-3-11-1-6-13(7-2-11)17(20)21/h1-2,4-9H,(H,16,19). The van der Waals surface area contributed by atoms with E-state index >= 15 is 0 Å². The molecule has 0 radical (unpaired) electrons. The van der Waals surface area contributed by atoms with Crippen molar-refractivity contribution in [1.82, 2.24) is 0 Å². The third-order valence-electron chi connectivity index (χ3n) is 2.73. The molecule has 2 aromatic rings. The van der Waals surface area contributed by atoms with E-state index in [1.165, 1.54) is 48.5 Å². The van der Waals surface area contributed by atoms with Crippen molar-refractivity contribution in [3.8, 4) is 11.8 Å². The van der Waals surface area contributed by atoms with Gasteiger partial charge in [0.2, 0.25) is 0 Å². The fourth-order valence-electron chi connectivity index (χ4n) is 1.62. The number of hydrogen-bond donors (Lipinski definition) is 1. The Morgan fingerprint density at radius 3 is 1.83 bits per heavy atom. The number of nitro benzene ring substituents is 2. The topological polar surface area (TPSA) is 115 Å². The van der Waals surface area contributed by atoms with E-state index in [0.717, 1.165) is 0 Å². The summed E-state index contributed by atoms with van der Waals surface area (Å²) in [5, 5.41) is 23.5. The molecule has 0 unspecified atom stereocenters. The Kier molecular flexibility index (Phi) is 4.64. The first kappa shape index (κ1) is 15.7. The number of nitro groups is 2. The number of rotatable bonds is 3. The van der Waals surface area contributed by atoms with Crippen LogP contribution in [0.4, 0.5) is 17.1 Å². The van der Waals surface area contributed by atoms with Crippen molar-refractivity contribution >= 4 is 23.0 Å². The summed E-state index contributed by atoms with van der Waals surface area (Å²) >= 11 is 0. The van der Waals surface area contributed by atoms with Gasteiger partial charge in [-0.1, -0.05) is 5.92 Å². The first-order valence-corrected chi connectivity index (χ1v) is 6.27. The van der Waals surface area contributed by atoms with Gasteiger partial charge < -0.3 is 5.32 Å². The van der Waals surface area contributed by atoms with Crippen LogP contribution in [-0.2, 0) is 4.79 Å². The van der Waals surface area contributed by atoms with Crippen molar-refractivity contribution in [3.63, 3.8) is 0 Å². The van der Waals surface area contributed by atoms with Gasteiger partial charge in [0.15, 0.2) is 0 Å². The Morgan fingerprint density at radius 1 is 0.870 bits per heavy atom. The molecule has 0 heterocycles. The van der Waals surface area contributed by atoms with Gasteiger partial charge in [-0.25, -0.2) is 0 Å². The fraction of sp³-hybridized carbons (Fsp3) is 0. The highest BCUT2D eigenvalue weighted by molar-refractivity contribution is 6.04. The Balaban J connectivity index is 2.02. The van der Waals surface area contributed by atoms with E-state index in [9.17, 15) is 25.0 Å². The third-order valence-corrected chi connectivity index (χ3v) is 2.73. The van der Waals surface area contributed by atoms with Gasteiger partial charge >= 0.3 is 5.91 Å². The predicted molar refractivity (Wildman–Crippen MR) is 81.7 cm³/mol. The van der Waals surface area contributed by atoms with Crippen molar-refractivity contribution in [2.75, 3.05) is 5.32 Å². The Bertz CT molecular complexity index is 817. The molecule has 0 aliphatic carbocycles. The van der Waals surface area contributed by atoms with Crippen molar-refractivity contribution in [3.05, 3.63) is 74.3 Å². The monoisotopic (exact) mass is 311 g/mol. The second-order valence-electron chi connectivity index (χ2n) is 4.31. The first-order valence-electron chi connectivity index (χ1n) is 6.27.